The number of hydrogen-bond acceptors (Lipinski definition) is 3. The molecule has 0 aliphatic rings. The van der Waals surface area contributed by atoms with Gasteiger partial charge in [0, 0.05) is 21.5 Å². The summed E-state index contributed by atoms with van der Waals surface area (Å²) in [6, 6.07) is 20.8. The van der Waals surface area contributed by atoms with E-state index >= 15 is 0 Å². The van der Waals surface area contributed by atoms with Crippen molar-refractivity contribution in [1.82, 2.24) is 0 Å². The van der Waals surface area contributed by atoms with Gasteiger partial charge in [0.2, 0.25) is 0 Å². The largest absolute Gasteiger partial charge is 0.508 e. The van der Waals surface area contributed by atoms with Gasteiger partial charge in [-0.3, -0.25) is 4.79 Å². The highest BCUT2D eigenvalue weighted by Crippen LogP contribution is 2.35. The molecule has 0 unspecified atom stereocenters. The molecule has 0 aliphatic heterocycles. The van der Waals surface area contributed by atoms with Gasteiger partial charge in [0.25, 0.3) is 0 Å². The van der Waals surface area contributed by atoms with Crippen LogP contribution in [-0.2, 0) is 0 Å². The monoisotopic (exact) mass is 348 g/mol. The van der Waals surface area contributed by atoms with Crippen molar-refractivity contribution in [2.24, 2.45) is 0 Å². The maximum atomic E-state index is 13.1. The van der Waals surface area contributed by atoms with Gasteiger partial charge in [-0.2, -0.15) is 0 Å². The Morgan fingerprint density at radius 3 is 2.28 bits per heavy atom. The first-order valence-electron chi connectivity index (χ1n) is 7.75. The van der Waals surface area contributed by atoms with Crippen LogP contribution in [0.1, 0.15) is 15.9 Å². The van der Waals surface area contributed by atoms with Crippen LogP contribution >= 0.6 is 11.6 Å². The van der Waals surface area contributed by atoms with Crippen LogP contribution in [0.15, 0.2) is 77.2 Å². The normalized spacial score (nSPS) is 10.9. The molecule has 0 fully saturated rings. The molecule has 0 bridgehead atoms. The van der Waals surface area contributed by atoms with E-state index in [2.05, 4.69) is 0 Å². The highest BCUT2D eigenvalue weighted by Gasteiger charge is 2.23. The summed E-state index contributed by atoms with van der Waals surface area (Å²) in [5.74, 6) is 0.510. The molecule has 0 atom stereocenters. The zero-order chi connectivity index (χ0) is 17.4. The van der Waals surface area contributed by atoms with Crippen molar-refractivity contribution in [3.05, 3.63) is 88.9 Å². The van der Waals surface area contributed by atoms with Crippen LogP contribution in [0.25, 0.3) is 22.3 Å². The van der Waals surface area contributed by atoms with Crippen molar-refractivity contribution in [3.8, 4) is 17.1 Å². The Balaban J connectivity index is 1.94. The molecule has 3 nitrogen and oxygen atoms in total. The summed E-state index contributed by atoms with van der Waals surface area (Å²) >= 11 is 5.92. The summed E-state index contributed by atoms with van der Waals surface area (Å²) in [4.78, 5) is 13.1. The number of fused-ring (bicyclic) bond motifs is 1. The highest BCUT2D eigenvalue weighted by molar-refractivity contribution is 6.30. The van der Waals surface area contributed by atoms with Crippen LogP contribution in [0.3, 0.4) is 0 Å². The average molecular weight is 349 g/mol. The van der Waals surface area contributed by atoms with Crippen molar-refractivity contribution >= 4 is 28.4 Å². The summed E-state index contributed by atoms with van der Waals surface area (Å²) in [5.41, 5.74) is 2.41. The van der Waals surface area contributed by atoms with Crippen molar-refractivity contribution in [3.63, 3.8) is 0 Å². The second-order valence-corrected chi connectivity index (χ2v) is 6.12. The standard InChI is InChI=1S/C21H13ClO3/c22-15-9-5-13(6-10-15)20(24)19-17-3-1-2-4-18(17)25-21(19)14-7-11-16(23)12-8-14/h1-12,23H. The number of furan rings is 1. The highest BCUT2D eigenvalue weighted by atomic mass is 35.5. The number of hydrogen-bond donors (Lipinski definition) is 1. The minimum Gasteiger partial charge on any atom is -0.508 e. The van der Waals surface area contributed by atoms with Gasteiger partial charge in [0.05, 0.1) is 5.56 Å². The third-order valence-corrected chi connectivity index (χ3v) is 4.31. The Labute approximate surface area is 149 Å². The molecule has 0 saturated heterocycles. The second kappa shape index (κ2) is 6.11. The van der Waals surface area contributed by atoms with Gasteiger partial charge in [-0.15, -0.1) is 0 Å². The SMILES string of the molecule is O=C(c1ccc(Cl)cc1)c1c(-c2ccc(O)cc2)oc2ccccc12. The molecule has 1 heterocycles. The minimum absolute atomic E-state index is 0.135. The molecule has 1 aromatic heterocycles. The van der Waals surface area contributed by atoms with Gasteiger partial charge in [0.1, 0.15) is 17.1 Å². The molecular formula is C21H13ClO3. The molecule has 4 heteroatoms. The zero-order valence-corrected chi connectivity index (χ0v) is 13.8. The Morgan fingerprint density at radius 1 is 0.880 bits per heavy atom. The average Bonchev–Trinajstić information content (AvgIpc) is 3.02. The number of rotatable bonds is 3. The van der Waals surface area contributed by atoms with Crippen LogP contribution in [0.5, 0.6) is 5.75 Å². The number of phenols is 1. The minimum atomic E-state index is -0.135. The van der Waals surface area contributed by atoms with Crippen molar-refractivity contribution in [2.75, 3.05) is 0 Å². The lowest BCUT2D eigenvalue weighted by Gasteiger charge is -2.04. The fourth-order valence-electron chi connectivity index (χ4n) is 2.83. The summed E-state index contributed by atoms with van der Waals surface area (Å²) in [6.07, 6.45) is 0. The number of halogens is 1. The molecule has 0 radical (unpaired) electrons. The lowest BCUT2D eigenvalue weighted by atomic mass is 9.97. The molecule has 1 N–H and O–H groups in total. The molecule has 4 rings (SSSR count). The predicted octanol–water partition coefficient (Wildman–Crippen LogP) is 5.69. The molecule has 25 heavy (non-hydrogen) atoms. The number of aromatic hydroxyl groups is 1. The smallest absolute Gasteiger partial charge is 0.197 e. The summed E-state index contributed by atoms with van der Waals surface area (Å²) in [5, 5.41) is 10.8. The molecular weight excluding hydrogens is 336 g/mol. The van der Waals surface area contributed by atoms with E-state index in [9.17, 15) is 9.90 Å². The zero-order valence-electron chi connectivity index (χ0n) is 13.1. The number of carbonyl (C=O) groups is 1. The van der Waals surface area contributed by atoms with Gasteiger partial charge < -0.3 is 9.52 Å². The summed E-state index contributed by atoms with van der Waals surface area (Å²) < 4.78 is 5.96. The van der Waals surface area contributed by atoms with Crippen LogP contribution in [0, 0.1) is 0 Å². The van der Waals surface area contributed by atoms with Gasteiger partial charge >= 0.3 is 0 Å². The van der Waals surface area contributed by atoms with E-state index in [0.717, 1.165) is 10.9 Å². The van der Waals surface area contributed by atoms with E-state index in [1.165, 1.54) is 0 Å². The molecule has 0 saturated carbocycles. The maximum Gasteiger partial charge on any atom is 0.197 e. The first kappa shape index (κ1) is 15.5. The van der Waals surface area contributed by atoms with Crippen LogP contribution < -0.4 is 0 Å². The third kappa shape index (κ3) is 2.79. The molecule has 0 amide bonds. The van der Waals surface area contributed by atoms with Gasteiger partial charge in [-0.05, 0) is 54.6 Å². The van der Waals surface area contributed by atoms with E-state index in [4.69, 9.17) is 16.0 Å². The molecule has 122 valence electrons. The molecule has 4 aromatic rings. The second-order valence-electron chi connectivity index (χ2n) is 5.69. The van der Waals surface area contributed by atoms with Crippen molar-refractivity contribution in [1.29, 1.82) is 0 Å². The van der Waals surface area contributed by atoms with E-state index in [0.29, 0.717) is 27.5 Å². The number of benzene rings is 3. The lowest BCUT2D eigenvalue weighted by Crippen LogP contribution is -2.02. The first-order valence-corrected chi connectivity index (χ1v) is 8.12. The van der Waals surface area contributed by atoms with Crippen LogP contribution in [0.4, 0.5) is 0 Å². The summed E-state index contributed by atoms with van der Waals surface area (Å²) in [7, 11) is 0. The summed E-state index contributed by atoms with van der Waals surface area (Å²) in [6.45, 7) is 0. The topological polar surface area (TPSA) is 50.4 Å². The van der Waals surface area contributed by atoms with E-state index in [-0.39, 0.29) is 11.5 Å². The van der Waals surface area contributed by atoms with Gasteiger partial charge in [-0.1, -0.05) is 29.8 Å². The Hall–Kier alpha value is -3.04. The fraction of sp³-hybridized carbons (Fsp3) is 0. The van der Waals surface area contributed by atoms with Crippen molar-refractivity contribution in [2.45, 2.75) is 0 Å². The molecule has 0 aliphatic carbocycles. The fourth-order valence-corrected chi connectivity index (χ4v) is 2.96. The maximum absolute atomic E-state index is 13.1. The van der Waals surface area contributed by atoms with E-state index in [1.807, 2.05) is 24.3 Å². The number of ketones is 1. The Morgan fingerprint density at radius 2 is 1.56 bits per heavy atom. The Bertz CT molecular complexity index is 1060. The van der Waals surface area contributed by atoms with Gasteiger partial charge in [-0.25, -0.2) is 0 Å². The number of para-hydroxylation sites is 1. The first-order chi connectivity index (χ1) is 12.1. The number of carbonyl (C=O) groups excluding carboxylic acids is 1. The van der Waals surface area contributed by atoms with Crippen LogP contribution in [0.2, 0.25) is 5.02 Å². The molecule has 0 spiro atoms. The number of phenolic OH excluding ortho intramolecular Hbond substituents is 1. The third-order valence-electron chi connectivity index (χ3n) is 4.06. The van der Waals surface area contributed by atoms with E-state index < -0.39 is 0 Å². The quantitative estimate of drug-likeness (QED) is 0.484. The van der Waals surface area contributed by atoms with Crippen molar-refractivity contribution < 1.29 is 14.3 Å². The molecule has 3 aromatic carbocycles. The van der Waals surface area contributed by atoms with Gasteiger partial charge in [0.15, 0.2) is 5.78 Å². The van der Waals surface area contributed by atoms with E-state index in [1.54, 1.807) is 48.5 Å². The van der Waals surface area contributed by atoms with Crippen LogP contribution in [-0.4, -0.2) is 10.9 Å². The lowest BCUT2D eigenvalue weighted by molar-refractivity contribution is 0.104. The predicted molar refractivity (Wildman–Crippen MR) is 98.2 cm³/mol. The Kier molecular flexibility index (Phi) is 3.79.